The molecule has 134 valence electrons. The molecule has 6 nitrogen and oxygen atoms in total. The number of carboxylic acids is 1. The van der Waals surface area contributed by atoms with Gasteiger partial charge in [-0.1, -0.05) is 6.07 Å². The van der Waals surface area contributed by atoms with Crippen LogP contribution >= 0.6 is 0 Å². The van der Waals surface area contributed by atoms with Gasteiger partial charge in [0.1, 0.15) is 0 Å². The number of nitrogens with one attached hydrogen (secondary N) is 1. The van der Waals surface area contributed by atoms with E-state index in [4.69, 9.17) is 4.74 Å². The fourth-order valence-corrected chi connectivity index (χ4v) is 2.88. The van der Waals surface area contributed by atoms with Crippen LogP contribution in [0.4, 0.5) is 4.39 Å². The number of aliphatic carboxylic acids is 1. The lowest BCUT2D eigenvalue weighted by Gasteiger charge is -2.16. The molecule has 0 spiro atoms. The monoisotopic (exact) mass is 348 g/mol. The number of hydrogen-bond acceptors (Lipinski definition) is 3. The van der Waals surface area contributed by atoms with Crippen LogP contribution in [0.5, 0.6) is 5.75 Å². The summed E-state index contributed by atoms with van der Waals surface area (Å²) in [5, 5.41) is 11.9. The summed E-state index contributed by atoms with van der Waals surface area (Å²) >= 11 is 0. The van der Waals surface area contributed by atoms with Gasteiger partial charge in [0.15, 0.2) is 17.6 Å². The molecule has 0 fully saturated rings. The standard InChI is InChI=1S/C18H21FN2O4/c1-5-21-10(2)8-13(11(21)3)17(22)20-16(18(23)24)12-6-7-15(25-4)14(19)9-12/h6-9,16H,5H2,1-4H3,(H,20,22)(H,23,24)/t16-/m0/s1. The molecule has 0 aliphatic heterocycles. The van der Waals surface area contributed by atoms with E-state index in [1.807, 2.05) is 18.4 Å². The molecule has 1 aromatic carbocycles. The smallest absolute Gasteiger partial charge is 0.330 e. The molecule has 2 N–H and O–H groups in total. The van der Waals surface area contributed by atoms with Gasteiger partial charge in [-0.15, -0.1) is 0 Å². The lowest BCUT2D eigenvalue weighted by atomic mass is 10.1. The predicted octanol–water partition coefficient (Wildman–Crippen LogP) is 2.83. The molecule has 0 aliphatic rings. The maximum atomic E-state index is 13.9. The van der Waals surface area contributed by atoms with Crippen LogP contribution in [-0.4, -0.2) is 28.7 Å². The summed E-state index contributed by atoms with van der Waals surface area (Å²) < 4.78 is 20.6. The van der Waals surface area contributed by atoms with Crippen LogP contribution in [0.1, 0.15) is 40.3 Å². The number of carbonyl (C=O) groups excluding carboxylic acids is 1. The van der Waals surface area contributed by atoms with Crippen molar-refractivity contribution in [2.24, 2.45) is 0 Å². The van der Waals surface area contributed by atoms with Crippen LogP contribution < -0.4 is 10.1 Å². The first-order valence-electron chi connectivity index (χ1n) is 7.84. The Morgan fingerprint density at radius 3 is 2.48 bits per heavy atom. The van der Waals surface area contributed by atoms with Crippen LogP contribution in [0, 0.1) is 19.7 Å². The molecule has 0 saturated carbocycles. The van der Waals surface area contributed by atoms with E-state index in [1.54, 1.807) is 13.0 Å². The van der Waals surface area contributed by atoms with Crippen molar-refractivity contribution in [2.45, 2.75) is 33.4 Å². The van der Waals surface area contributed by atoms with E-state index in [1.165, 1.54) is 19.2 Å². The molecule has 0 unspecified atom stereocenters. The summed E-state index contributed by atoms with van der Waals surface area (Å²) in [5.74, 6) is -2.48. The molecular formula is C18H21FN2O4. The molecule has 2 rings (SSSR count). The van der Waals surface area contributed by atoms with Gasteiger partial charge in [0.05, 0.1) is 12.7 Å². The first kappa shape index (κ1) is 18.5. The highest BCUT2D eigenvalue weighted by Gasteiger charge is 2.25. The van der Waals surface area contributed by atoms with Crippen LogP contribution in [-0.2, 0) is 11.3 Å². The second-order valence-electron chi connectivity index (χ2n) is 5.67. The van der Waals surface area contributed by atoms with Gasteiger partial charge in [-0.2, -0.15) is 0 Å². The summed E-state index contributed by atoms with van der Waals surface area (Å²) in [7, 11) is 1.32. The molecule has 1 aromatic heterocycles. The summed E-state index contributed by atoms with van der Waals surface area (Å²) in [6.07, 6.45) is 0. The molecule has 1 atom stereocenters. The van der Waals surface area contributed by atoms with Crippen molar-refractivity contribution in [2.75, 3.05) is 7.11 Å². The fourth-order valence-electron chi connectivity index (χ4n) is 2.88. The number of ether oxygens (including phenoxy) is 1. The lowest BCUT2D eigenvalue weighted by molar-refractivity contribution is -0.139. The van der Waals surface area contributed by atoms with E-state index in [9.17, 15) is 19.1 Å². The number of hydrogen-bond donors (Lipinski definition) is 2. The van der Waals surface area contributed by atoms with E-state index >= 15 is 0 Å². The third-order valence-electron chi connectivity index (χ3n) is 4.17. The number of carboxylic acid groups (broad SMARTS) is 1. The molecule has 0 aliphatic carbocycles. The predicted molar refractivity (Wildman–Crippen MR) is 90.4 cm³/mol. The highest BCUT2D eigenvalue weighted by Crippen LogP contribution is 2.23. The Morgan fingerprint density at radius 1 is 1.32 bits per heavy atom. The fraction of sp³-hybridized carbons (Fsp3) is 0.333. The topological polar surface area (TPSA) is 80.6 Å². The van der Waals surface area contributed by atoms with Crippen molar-refractivity contribution in [1.29, 1.82) is 0 Å². The number of aryl methyl sites for hydroxylation is 1. The lowest BCUT2D eigenvalue weighted by Crippen LogP contribution is -2.34. The minimum Gasteiger partial charge on any atom is -0.494 e. The second kappa shape index (κ2) is 7.38. The number of nitrogens with zero attached hydrogens (tertiary/aromatic N) is 1. The minimum absolute atomic E-state index is 0.00528. The number of rotatable bonds is 6. The Morgan fingerprint density at radius 2 is 2.00 bits per heavy atom. The minimum atomic E-state index is -1.36. The van der Waals surface area contributed by atoms with Gasteiger partial charge in [-0.05, 0) is 44.5 Å². The van der Waals surface area contributed by atoms with Crippen molar-refractivity contribution < 1.29 is 23.8 Å². The van der Waals surface area contributed by atoms with Crippen molar-refractivity contribution in [3.8, 4) is 5.75 Å². The molecule has 0 bridgehead atoms. The van der Waals surface area contributed by atoms with Gasteiger partial charge >= 0.3 is 5.97 Å². The second-order valence-corrected chi connectivity index (χ2v) is 5.67. The zero-order valence-electron chi connectivity index (χ0n) is 14.6. The van der Waals surface area contributed by atoms with Crippen LogP contribution in [0.2, 0.25) is 0 Å². The Labute approximate surface area is 145 Å². The van der Waals surface area contributed by atoms with Crippen molar-refractivity contribution >= 4 is 11.9 Å². The highest BCUT2D eigenvalue weighted by atomic mass is 19.1. The Bertz CT molecular complexity index is 814. The molecule has 7 heteroatoms. The number of benzene rings is 1. The SMILES string of the molecule is CCn1c(C)cc(C(=O)N[C@H](C(=O)O)c2ccc(OC)c(F)c2)c1C. The van der Waals surface area contributed by atoms with E-state index in [-0.39, 0.29) is 11.3 Å². The van der Waals surface area contributed by atoms with Gasteiger partial charge in [0.25, 0.3) is 5.91 Å². The molecule has 25 heavy (non-hydrogen) atoms. The molecular weight excluding hydrogens is 327 g/mol. The zero-order chi connectivity index (χ0) is 18.7. The third kappa shape index (κ3) is 3.65. The summed E-state index contributed by atoms with van der Waals surface area (Å²) in [5.41, 5.74) is 2.19. The number of halogens is 1. The van der Waals surface area contributed by atoms with Gasteiger partial charge in [0.2, 0.25) is 0 Å². The normalized spacial score (nSPS) is 11.9. The quantitative estimate of drug-likeness (QED) is 0.841. The van der Waals surface area contributed by atoms with Crippen LogP contribution in [0.15, 0.2) is 24.3 Å². The summed E-state index contributed by atoms with van der Waals surface area (Å²) in [4.78, 5) is 24.1. The van der Waals surface area contributed by atoms with E-state index in [0.717, 1.165) is 17.5 Å². The Kier molecular flexibility index (Phi) is 5.46. The first-order valence-corrected chi connectivity index (χ1v) is 7.84. The van der Waals surface area contributed by atoms with Gasteiger partial charge in [0, 0.05) is 17.9 Å². The molecule has 0 saturated heterocycles. The number of aromatic nitrogens is 1. The number of amides is 1. The highest BCUT2D eigenvalue weighted by molar-refractivity contribution is 5.98. The zero-order valence-corrected chi connectivity index (χ0v) is 14.6. The Hall–Kier alpha value is -2.83. The first-order chi connectivity index (χ1) is 11.8. The van der Waals surface area contributed by atoms with Gasteiger partial charge < -0.3 is 19.7 Å². The van der Waals surface area contributed by atoms with E-state index < -0.39 is 23.7 Å². The van der Waals surface area contributed by atoms with Crippen molar-refractivity contribution in [3.05, 3.63) is 52.6 Å². The van der Waals surface area contributed by atoms with Crippen molar-refractivity contribution in [3.63, 3.8) is 0 Å². The van der Waals surface area contributed by atoms with E-state index in [0.29, 0.717) is 12.1 Å². The average Bonchev–Trinajstić information content (AvgIpc) is 2.86. The van der Waals surface area contributed by atoms with Gasteiger partial charge in [-0.25, -0.2) is 9.18 Å². The number of carbonyl (C=O) groups is 2. The summed E-state index contributed by atoms with van der Waals surface area (Å²) in [6.45, 7) is 6.34. The summed E-state index contributed by atoms with van der Waals surface area (Å²) in [6, 6.07) is 4.14. The maximum absolute atomic E-state index is 13.9. The third-order valence-corrected chi connectivity index (χ3v) is 4.17. The van der Waals surface area contributed by atoms with Gasteiger partial charge in [-0.3, -0.25) is 4.79 Å². The average molecular weight is 348 g/mol. The van der Waals surface area contributed by atoms with Crippen LogP contribution in [0.3, 0.4) is 0 Å². The van der Waals surface area contributed by atoms with Crippen molar-refractivity contribution in [1.82, 2.24) is 9.88 Å². The molecule has 2 aromatic rings. The van der Waals surface area contributed by atoms with Crippen LogP contribution in [0.25, 0.3) is 0 Å². The Balaban J connectivity index is 2.32. The molecule has 1 heterocycles. The number of methoxy groups -OCH3 is 1. The maximum Gasteiger partial charge on any atom is 0.330 e. The molecule has 0 radical (unpaired) electrons. The van der Waals surface area contributed by atoms with E-state index in [2.05, 4.69) is 5.32 Å². The largest absolute Gasteiger partial charge is 0.494 e. The molecule has 1 amide bonds.